The maximum atomic E-state index is 13.1. The highest BCUT2D eigenvalue weighted by atomic mass is 79.9. The molecule has 0 spiro atoms. The van der Waals surface area contributed by atoms with Crippen LogP contribution < -0.4 is 5.32 Å². The van der Waals surface area contributed by atoms with Crippen LogP contribution in [0, 0.1) is 6.92 Å². The number of rotatable bonds is 8. The molecular formula is C22H24BrN3O3. The molecule has 3 rings (SSSR count). The Morgan fingerprint density at radius 2 is 1.97 bits per heavy atom. The quantitative estimate of drug-likeness (QED) is 0.450. The first kappa shape index (κ1) is 21.0. The molecule has 1 atom stereocenters. The lowest BCUT2D eigenvalue weighted by Crippen LogP contribution is -2.34. The lowest BCUT2D eigenvalue weighted by atomic mass is 9.99. The Kier molecular flexibility index (Phi) is 6.69. The summed E-state index contributed by atoms with van der Waals surface area (Å²) >= 11 is 3.40. The van der Waals surface area contributed by atoms with Crippen molar-refractivity contribution in [3.8, 4) is 11.3 Å². The predicted molar refractivity (Wildman–Crippen MR) is 115 cm³/mol. The SMILES string of the molecule is CCCC(CC)NC(=O)c1cc(C(=O)c2c(-c3ccc(Br)cc3)noc2C)c[nH]1. The number of aryl methyl sites for hydroxylation is 1. The zero-order valence-corrected chi connectivity index (χ0v) is 18.3. The van der Waals surface area contributed by atoms with E-state index in [1.165, 1.54) is 0 Å². The topological polar surface area (TPSA) is 88.0 Å². The summed E-state index contributed by atoms with van der Waals surface area (Å²) in [5.74, 6) is -0.00814. The number of amides is 1. The summed E-state index contributed by atoms with van der Waals surface area (Å²) in [6.45, 7) is 5.84. The van der Waals surface area contributed by atoms with Gasteiger partial charge < -0.3 is 14.8 Å². The number of carbonyl (C=O) groups is 2. The second-order valence-corrected chi connectivity index (χ2v) is 7.88. The molecule has 29 heavy (non-hydrogen) atoms. The fourth-order valence-electron chi connectivity index (χ4n) is 3.24. The Hall–Kier alpha value is -2.67. The number of aromatic nitrogens is 2. The number of aromatic amines is 1. The molecule has 6 nitrogen and oxygen atoms in total. The van der Waals surface area contributed by atoms with Crippen LogP contribution in [0.5, 0.6) is 0 Å². The summed E-state index contributed by atoms with van der Waals surface area (Å²) in [6.07, 6.45) is 4.34. The number of hydrogen-bond acceptors (Lipinski definition) is 4. The summed E-state index contributed by atoms with van der Waals surface area (Å²) in [5.41, 5.74) is 2.43. The molecule has 7 heteroatoms. The van der Waals surface area contributed by atoms with Gasteiger partial charge >= 0.3 is 0 Å². The lowest BCUT2D eigenvalue weighted by Gasteiger charge is -2.15. The van der Waals surface area contributed by atoms with Crippen LogP contribution in [-0.4, -0.2) is 27.9 Å². The number of H-pyrrole nitrogens is 1. The predicted octanol–water partition coefficient (Wildman–Crippen LogP) is 5.28. The molecule has 1 unspecified atom stereocenters. The fourth-order valence-corrected chi connectivity index (χ4v) is 3.50. The van der Waals surface area contributed by atoms with Crippen molar-refractivity contribution in [3.63, 3.8) is 0 Å². The summed E-state index contributed by atoms with van der Waals surface area (Å²) in [6, 6.07) is 9.20. The van der Waals surface area contributed by atoms with E-state index in [0.717, 1.165) is 29.3 Å². The van der Waals surface area contributed by atoms with Crippen molar-refractivity contribution in [1.29, 1.82) is 0 Å². The van der Waals surface area contributed by atoms with E-state index in [1.54, 1.807) is 19.2 Å². The van der Waals surface area contributed by atoms with E-state index in [2.05, 4.69) is 38.3 Å². The van der Waals surface area contributed by atoms with Gasteiger partial charge in [-0.25, -0.2) is 0 Å². The van der Waals surface area contributed by atoms with Crippen LogP contribution in [0.15, 0.2) is 45.5 Å². The molecule has 1 amide bonds. The Morgan fingerprint density at radius 1 is 1.24 bits per heavy atom. The van der Waals surface area contributed by atoms with Crippen molar-refractivity contribution in [3.05, 3.63) is 63.6 Å². The monoisotopic (exact) mass is 457 g/mol. The number of halogens is 1. The van der Waals surface area contributed by atoms with Gasteiger partial charge in [0.15, 0.2) is 5.78 Å². The van der Waals surface area contributed by atoms with Gasteiger partial charge in [0.25, 0.3) is 5.91 Å². The molecular weight excluding hydrogens is 434 g/mol. The van der Waals surface area contributed by atoms with Crippen molar-refractivity contribution in [2.24, 2.45) is 0 Å². The minimum atomic E-state index is -0.238. The van der Waals surface area contributed by atoms with Gasteiger partial charge in [0.1, 0.15) is 17.1 Å². The van der Waals surface area contributed by atoms with Crippen LogP contribution in [-0.2, 0) is 0 Å². The maximum absolute atomic E-state index is 13.1. The van der Waals surface area contributed by atoms with Gasteiger partial charge in [0.05, 0.1) is 5.56 Å². The van der Waals surface area contributed by atoms with Crippen molar-refractivity contribution >= 4 is 27.6 Å². The van der Waals surface area contributed by atoms with E-state index >= 15 is 0 Å². The van der Waals surface area contributed by atoms with E-state index in [9.17, 15) is 9.59 Å². The number of benzene rings is 1. The van der Waals surface area contributed by atoms with Gasteiger partial charge in [-0.3, -0.25) is 9.59 Å². The molecule has 2 N–H and O–H groups in total. The first-order chi connectivity index (χ1) is 13.9. The highest BCUT2D eigenvalue weighted by molar-refractivity contribution is 9.10. The molecule has 0 aliphatic rings. The summed E-state index contributed by atoms with van der Waals surface area (Å²) in [5, 5.41) is 7.08. The van der Waals surface area contributed by atoms with E-state index < -0.39 is 0 Å². The van der Waals surface area contributed by atoms with Gasteiger partial charge in [-0.05, 0) is 38.0 Å². The Balaban J connectivity index is 1.85. The molecule has 0 bridgehead atoms. The third-order valence-corrected chi connectivity index (χ3v) is 5.39. The van der Waals surface area contributed by atoms with Gasteiger partial charge in [-0.1, -0.05) is 53.5 Å². The first-order valence-corrected chi connectivity index (χ1v) is 10.5. The highest BCUT2D eigenvalue weighted by Gasteiger charge is 2.24. The standard InChI is InChI=1S/C22H24BrN3O3/c1-4-6-17(5-2)25-22(28)18-11-15(12-24-18)21(27)19-13(3)29-26-20(19)14-7-9-16(23)10-8-14/h7-12,17,24H,4-6H2,1-3H3,(H,25,28). The maximum Gasteiger partial charge on any atom is 0.267 e. The van der Waals surface area contributed by atoms with Crippen LogP contribution in [0.4, 0.5) is 0 Å². The Labute approximate surface area is 178 Å². The second kappa shape index (κ2) is 9.22. The molecule has 0 fully saturated rings. The zero-order valence-electron chi connectivity index (χ0n) is 16.7. The van der Waals surface area contributed by atoms with Crippen molar-refractivity contribution in [2.45, 2.75) is 46.1 Å². The van der Waals surface area contributed by atoms with Gasteiger partial charge in [-0.2, -0.15) is 0 Å². The lowest BCUT2D eigenvalue weighted by molar-refractivity contribution is 0.0929. The zero-order chi connectivity index (χ0) is 21.0. The molecule has 152 valence electrons. The molecule has 3 aromatic rings. The molecule has 2 heterocycles. The van der Waals surface area contributed by atoms with E-state index in [-0.39, 0.29) is 17.7 Å². The summed E-state index contributed by atoms with van der Waals surface area (Å²) in [7, 11) is 0. The third-order valence-electron chi connectivity index (χ3n) is 4.86. The van der Waals surface area contributed by atoms with Crippen LogP contribution in [0.25, 0.3) is 11.3 Å². The first-order valence-electron chi connectivity index (χ1n) is 9.70. The van der Waals surface area contributed by atoms with Crippen molar-refractivity contribution in [2.75, 3.05) is 0 Å². The minimum Gasteiger partial charge on any atom is -0.360 e. The van der Waals surface area contributed by atoms with Crippen molar-refractivity contribution in [1.82, 2.24) is 15.5 Å². The second-order valence-electron chi connectivity index (χ2n) is 6.97. The molecule has 1 aromatic carbocycles. The molecule has 0 radical (unpaired) electrons. The molecule has 0 saturated heterocycles. The number of nitrogens with zero attached hydrogens (tertiary/aromatic N) is 1. The summed E-state index contributed by atoms with van der Waals surface area (Å²) in [4.78, 5) is 28.6. The number of hydrogen-bond donors (Lipinski definition) is 2. The summed E-state index contributed by atoms with van der Waals surface area (Å²) < 4.78 is 6.23. The van der Waals surface area contributed by atoms with Crippen molar-refractivity contribution < 1.29 is 14.1 Å². The molecule has 0 aliphatic carbocycles. The third kappa shape index (κ3) is 4.67. The highest BCUT2D eigenvalue weighted by Crippen LogP contribution is 2.28. The van der Waals surface area contributed by atoms with Gasteiger partial charge in [0.2, 0.25) is 0 Å². The number of ketones is 1. The largest absolute Gasteiger partial charge is 0.360 e. The van der Waals surface area contributed by atoms with Crippen LogP contribution in [0.1, 0.15) is 65.3 Å². The molecule has 0 aliphatic heterocycles. The smallest absolute Gasteiger partial charge is 0.267 e. The number of nitrogens with one attached hydrogen (secondary N) is 2. The molecule has 2 aromatic heterocycles. The molecule has 0 saturated carbocycles. The fraction of sp³-hybridized carbons (Fsp3) is 0.318. The van der Waals surface area contributed by atoms with E-state index in [0.29, 0.717) is 28.3 Å². The normalized spacial score (nSPS) is 12.0. The average Bonchev–Trinajstić information content (AvgIpc) is 3.35. The van der Waals surface area contributed by atoms with E-state index in [1.807, 2.05) is 31.2 Å². The van der Waals surface area contributed by atoms with Crippen LogP contribution in [0.3, 0.4) is 0 Å². The van der Waals surface area contributed by atoms with E-state index in [4.69, 9.17) is 4.52 Å². The van der Waals surface area contributed by atoms with Crippen LogP contribution in [0.2, 0.25) is 0 Å². The Morgan fingerprint density at radius 3 is 2.62 bits per heavy atom. The van der Waals surface area contributed by atoms with Crippen LogP contribution >= 0.6 is 15.9 Å². The minimum absolute atomic E-state index is 0.124. The van der Waals surface area contributed by atoms with Gasteiger partial charge in [0, 0.05) is 27.8 Å². The number of carbonyl (C=O) groups excluding carboxylic acids is 2. The Bertz CT molecular complexity index is 1000. The average molecular weight is 458 g/mol. The van der Waals surface area contributed by atoms with Gasteiger partial charge in [-0.15, -0.1) is 0 Å².